The molecule has 0 spiro atoms. The van der Waals surface area contributed by atoms with Crippen LogP contribution in [0.2, 0.25) is 10.0 Å². The van der Waals surface area contributed by atoms with Crippen LogP contribution in [0.15, 0.2) is 52.1 Å². The van der Waals surface area contributed by atoms with E-state index in [9.17, 15) is 14.4 Å². The van der Waals surface area contributed by atoms with Crippen LogP contribution in [0, 0.1) is 0 Å². The lowest BCUT2D eigenvalue weighted by Crippen LogP contribution is -2.42. The number of esters is 1. The summed E-state index contributed by atoms with van der Waals surface area (Å²) >= 11 is 12.0. The molecule has 0 radical (unpaired) electrons. The SMILES string of the molecule is CCOC(=O)C(C)n1c(=O)n(Cc2ccc(Cl)c(Cl)c2)c(=O)c2ccccc21. The lowest BCUT2D eigenvalue weighted by molar-refractivity contribution is -0.146. The number of hydrogen-bond acceptors (Lipinski definition) is 4. The molecule has 1 unspecified atom stereocenters. The molecule has 0 saturated carbocycles. The van der Waals surface area contributed by atoms with Gasteiger partial charge in [-0.1, -0.05) is 41.4 Å². The lowest BCUT2D eigenvalue weighted by Gasteiger charge is -2.18. The normalized spacial score (nSPS) is 12.1. The number of rotatable bonds is 5. The quantitative estimate of drug-likeness (QED) is 0.590. The van der Waals surface area contributed by atoms with Crippen LogP contribution in [-0.4, -0.2) is 21.7 Å². The zero-order valence-corrected chi connectivity index (χ0v) is 16.8. The van der Waals surface area contributed by atoms with Crippen molar-refractivity contribution >= 4 is 40.1 Å². The Morgan fingerprint density at radius 1 is 1.11 bits per heavy atom. The highest BCUT2D eigenvalue weighted by Crippen LogP contribution is 2.23. The van der Waals surface area contributed by atoms with Crippen molar-refractivity contribution in [1.82, 2.24) is 9.13 Å². The highest BCUT2D eigenvalue weighted by atomic mass is 35.5. The minimum absolute atomic E-state index is 0.00502. The highest BCUT2D eigenvalue weighted by molar-refractivity contribution is 6.42. The fraction of sp³-hybridized carbons (Fsp3) is 0.250. The summed E-state index contributed by atoms with van der Waals surface area (Å²) in [7, 11) is 0. The van der Waals surface area contributed by atoms with Crippen LogP contribution in [0.5, 0.6) is 0 Å². The first kappa shape index (κ1) is 20.2. The van der Waals surface area contributed by atoms with Gasteiger partial charge in [0.1, 0.15) is 6.04 Å². The summed E-state index contributed by atoms with van der Waals surface area (Å²) in [4.78, 5) is 38.4. The monoisotopic (exact) mass is 420 g/mol. The third-order valence-corrected chi connectivity index (χ3v) is 5.15. The highest BCUT2D eigenvalue weighted by Gasteiger charge is 2.23. The molecule has 1 aromatic heterocycles. The van der Waals surface area contributed by atoms with Crippen molar-refractivity contribution in [3.8, 4) is 0 Å². The zero-order valence-electron chi connectivity index (χ0n) is 15.3. The maximum atomic E-state index is 13.2. The number of carbonyl (C=O) groups is 1. The van der Waals surface area contributed by atoms with E-state index in [0.717, 1.165) is 4.57 Å². The van der Waals surface area contributed by atoms with Gasteiger partial charge in [0, 0.05) is 0 Å². The molecule has 0 amide bonds. The second kappa shape index (κ2) is 8.20. The number of ether oxygens (including phenoxy) is 1. The topological polar surface area (TPSA) is 70.3 Å². The standard InChI is InChI=1S/C20H18Cl2N2O4/c1-3-28-19(26)12(2)24-17-7-5-4-6-14(17)18(25)23(20(24)27)11-13-8-9-15(21)16(22)10-13/h4-10,12H,3,11H2,1-2H3. The zero-order chi connectivity index (χ0) is 20.4. The van der Waals surface area contributed by atoms with Gasteiger partial charge in [-0.3, -0.25) is 13.9 Å². The average Bonchev–Trinajstić information content (AvgIpc) is 2.68. The molecule has 0 aliphatic carbocycles. The molecule has 1 heterocycles. The van der Waals surface area contributed by atoms with Gasteiger partial charge in [-0.2, -0.15) is 0 Å². The van der Waals surface area contributed by atoms with E-state index < -0.39 is 23.3 Å². The van der Waals surface area contributed by atoms with Crippen LogP contribution in [0.1, 0.15) is 25.5 Å². The predicted molar refractivity (Wildman–Crippen MR) is 109 cm³/mol. The first-order chi connectivity index (χ1) is 13.3. The number of nitrogens with zero attached hydrogens (tertiary/aromatic N) is 2. The van der Waals surface area contributed by atoms with Crippen molar-refractivity contribution in [2.24, 2.45) is 0 Å². The number of benzene rings is 2. The Morgan fingerprint density at radius 2 is 1.82 bits per heavy atom. The molecular formula is C20H18Cl2N2O4. The Bertz CT molecular complexity index is 1170. The minimum atomic E-state index is -0.891. The van der Waals surface area contributed by atoms with Crippen LogP contribution >= 0.6 is 23.2 Å². The van der Waals surface area contributed by atoms with E-state index >= 15 is 0 Å². The second-order valence-electron chi connectivity index (χ2n) is 6.24. The number of aromatic nitrogens is 2. The number of carbonyl (C=O) groups excluding carboxylic acids is 1. The molecule has 28 heavy (non-hydrogen) atoms. The van der Waals surface area contributed by atoms with Crippen molar-refractivity contribution in [3.05, 3.63) is 78.9 Å². The fourth-order valence-electron chi connectivity index (χ4n) is 3.03. The van der Waals surface area contributed by atoms with Crippen molar-refractivity contribution in [2.45, 2.75) is 26.4 Å². The van der Waals surface area contributed by atoms with Gasteiger partial charge in [-0.05, 0) is 43.7 Å². The Kier molecular flexibility index (Phi) is 5.91. The van der Waals surface area contributed by atoms with Crippen LogP contribution in [0.3, 0.4) is 0 Å². The van der Waals surface area contributed by atoms with Gasteiger partial charge in [-0.15, -0.1) is 0 Å². The first-order valence-corrected chi connectivity index (χ1v) is 9.45. The summed E-state index contributed by atoms with van der Waals surface area (Å²) < 4.78 is 7.43. The van der Waals surface area contributed by atoms with Gasteiger partial charge in [0.05, 0.1) is 34.1 Å². The molecule has 8 heteroatoms. The minimum Gasteiger partial charge on any atom is -0.464 e. The maximum Gasteiger partial charge on any atom is 0.332 e. The van der Waals surface area contributed by atoms with Crippen molar-refractivity contribution < 1.29 is 9.53 Å². The summed E-state index contributed by atoms with van der Waals surface area (Å²) in [6.45, 7) is 3.45. The van der Waals surface area contributed by atoms with Crippen LogP contribution in [0.4, 0.5) is 0 Å². The van der Waals surface area contributed by atoms with Gasteiger partial charge >= 0.3 is 11.7 Å². The Hall–Kier alpha value is -2.57. The fourth-order valence-corrected chi connectivity index (χ4v) is 3.35. The van der Waals surface area contributed by atoms with Gasteiger partial charge in [0.15, 0.2) is 0 Å². The van der Waals surface area contributed by atoms with Crippen LogP contribution < -0.4 is 11.2 Å². The number of fused-ring (bicyclic) bond motifs is 1. The summed E-state index contributed by atoms with van der Waals surface area (Å²) in [5.41, 5.74) is -0.0306. The van der Waals surface area contributed by atoms with Gasteiger partial charge in [0.25, 0.3) is 5.56 Å². The third kappa shape index (κ3) is 3.70. The molecule has 0 aliphatic heterocycles. The Morgan fingerprint density at radius 3 is 2.50 bits per heavy atom. The van der Waals surface area contributed by atoms with Gasteiger partial charge in [0.2, 0.25) is 0 Å². The maximum absolute atomic E-state index is 13.2. The van der Waals surface area contributed by atoms with E-state index in [-0.39, 0.29) is 13.2 Å². The Balaban J connectivity index is 2.23. The van der Waals surface area contributed by atoms with E-state index in [1.54, 1.807) is 56.3 Å². The molecule has 0 N–H and O–H groups in total. The van der Waals surface area contributed by atoms with Crippen molar-refractivity contribution in [2.75, 3.05) is 6.61 Å². The Labute approximate surface area is 170 Å². The molecule has 146 valence electrons. The van der Waals surface area contributed by atoms with E-state index in [1.807, 2.05) is 0 Å². The summed E-state index contributed by atoms with van der Waals surface area (Å²) in [5, 5.41) is 1.04. The number of hydrogen-bond donors (Lipinski definition) is 0. The summed E-state index contributed by atoms with van der Waals surface area (Å²) in [5.74, 6) is -0.547. The number of halogens is 2. The molecule has 3 rings (SSSR count). The molecule has 3 aromatic rings. The summed E-state index contributed by atoms with van der Waals surface area (Å²) in [6.07, 6.45) is 0. The number of para-hydroxylation sites is 1. The first-order valence-electron chi connectivity index (χ1n) is 8.69. The predicted octanol–water partition coefficient (Wildman–Crippen LogP) is 3.64. The molecule has 0 fully saturated rings. The molecule has 6 nitrogen and oxygen atoms in total. The largest absolute Gasteiger partial charge is 0.464 e. The average molecular weight is 421 g/mol. The van der Waals surface area contributed by atoms with E-state index in [4.69, 9.17) is 27.9 Å². The van der Waals surface area contributed by atoms with Crippen molar-refractivity contribution in [3.63, 3.8) is 0 Å². The van der Waals surface area contributed by atoms with Crippen LogP contribution in [0.25, 0.3) is 10.9 Å². The van der Waals surface area contributed by atoms with Crippen LogP contribution in [-0.2, 0) is 16.1 Å². The van der Waals surface area contributed by atoms with Gasteiger partial charge in [-0.25, -0.2) is 9.59 Å². The van der Waals surface area contributed by atoms with Crippen molar-refractivity contribution in [1.29, 1.82) is 0 Å². The molecule has 1 atom stereocenters. The van der Waals surface area contributed by atoms with E-state index in [1.165, 1.54) is 4.57 Å². The molecule has 0 bridgehead atoms. The second-order valence-corrected chi connectivity index (χ2v) is 7.05. The molecule has 0 aliphatic rings. The molecule has 2 aromatic carbocycles. The molecular weight excluding hydrogens is 403 g/mol. The molecule has 0 saturated heterocycles. The third-order valence-electron chi connectivity index (χ3n) is 4.42. The summed E-state index contributed by atoms with van der Waals surface area (Å²) in [6, 6.07) is 10.7. The van der Waals surface area contributed by atoms with E-state index in [2.05, 4.69) is 0 Å². The lowest BCUT2D eigenvalue weighted by atomic mass is 10.2. The van der Waals surface area contributed by atoms with E-state index in [0.29, 0.717) is 26.5 Å². The smallest absolute Gasteiger partial charge is 0.332 e. The van der Waals surface area contributed by atoms with Gasteiger partial charge < -0.3 is 4.74 Å².